The van der Waals surface area contributed by atoms with E-state index in [1.165, 1.54) is 12.1 Å². The topological polar surface area (TPSA) is 66.4 Å². The number of halogens is 3. The summed E-state index contributed by atoms with van der Waals surface area (Å²) in [5, 5.41) is 11.4. The number of hydrogen-bond donors (Lipinski definition) is 2. The number of carbonyl (C=O) groups is 2. The Hall–Kier alpha value is -2.05. The van der Waals surface area contributed by atoms with E-state index in [1.54, 1.807) is 0 Å². The zero-order chi connectivity index (χ0) is 16.8. The second-order valence-corrected chi connectivity index (χ2v) is 4.97. The van der Waals surface area contributed by atoms with Gasteiger partial charge < -0.3 is 10.4 Å². The van der Waals surface area contributed by atoms with Crippen LogP contribution in [-0.2, 0) is 22.2 Å². The van der Waals surface area contributed by atoms with Crippen LogP contribution in [-0.4, -0.2) is 23.0 Å². The van der Waals surface area contributed by atoms with Gasteiger partial charge in [-0.05, 0) is 24.1 Å². The van der Waals surface area contributed by atoms with E-state index in [1.807, 2.05) is 6.92 Å². The number of amides is 1. The Morgan fingerprint density at radius 3 is 2.27 bits per heavy atom. The van der Waals surface area contributed by atoms with E-state index in [4.69, 9.17) is 5.11 Å². The number of carboxylic acids is 1. The Bertz CT molecular complexity index is 512. The molecule has 2 N–H and O–H groups in total. The Morgan fingerprint density at radius 2 is 1.82 bits per heavy atom. The predicted octanol–water partition coefficient (Wildman–Crippen LogP) is 3.01. The van der Waals surface area contributed by atoms with Crippen LogP contribution in [0.25, 0.3) is 0 Å². The standard InChI is InChI=1S/C15H18F3NO3/c1-2-3-4-12(14(21)22)19-13(20)9-10-5-7-11(8-6-10)15(16,17)18/h5-8,12H,2-4,9H2,1H3,(H,19,20)(H,21,22). The summed E-state index contributed by atoms with van der Waals surface area (Å²) in [4.78, 5) is 22.8. The highest BCUT2D eigenvalue weighted by atomic mass is 19.4. The van der Waals surface area contributed by atoms with E-state index in [0.29, 0.717) is 18.4 Å². The summed E-state index contributed by atoms with van der Waals surface area (Å²) in [5.74, 6) is -1.64. The van der Waals surface area contributed by atoms with Gasteiger partial charge in [0, 0.05) is 0 Å². The molecule has 1 rings (SSSR count). The van der Waals surface area contributed by atoms with Crippen LogP contribution in [0.2, 0.25) is 0 Å². The molecule has 1 aromatic rings. The fourth-order valence-electron chi connectivity index (χ4n) is 1.91. The molecule has 122 valence electrons. The first-order valence-corrected chi connectivity index (χ1v) is 6.92. The fraction of sp³-hybridized carbons (Fsp3) is 0.467. The molecule has 0 saturated carbocycles. The van der Waals surface area contributed by atoms with Crippen molar-refractivity contribution in [1.29, 1.82) is 0 Å². The number of aliphatic carboxylic acids is 1. The molecule has 0 fully saturated rings. The molecule has 1 amide bonds. The van der Waals surface area contributed by atoms with Gasteiger partial charge in [-0.1, -0.05) is 31.9 Å². The number of carboxylic acid groups (broad SMARTS) is 1. The van der Waals surface area contributed by atoms with Gasteiger partial charge >= 0.3 is 12.1 Å². The molecular formula is C15H18F3NO3. The van der Waals surface area contributed by atoms with Crippen LogP contribution in [0.1, 0.15) is 37.3 Å². The monoisotopic (exact) mass is 317 g/mol. The molecule has 0 saturated heterocycles. The van der Waals surface area contributed by atoms with Crippen molar-refractivity contribution in [3.05, 3.63) is 35.4 Å². The Labute approximate surface area is 126 Å². The fourth-order valence-corrected chi connectivity index (χ4v) is 1.91. The van der Waals surface area contributed by atoms with Crippen LogP contribution in [0.15, 0.2) is 24.3 Å². The van der Waals surface area contributed by atoms with Gasteiger partial charge in [0.2, 0.25) is 5.91 Å². The third-order valence-electron chi connectivity index (χ3n) is 3.13. The number of rotatable bonds is 7. The number of unbranched alkanes of at least 4 members (excludes halogenated alkanes) is 1. The van der Waals surface area contributed by atoms with Gasteiger partial charge in [-0.25, -0.2) is 4.79 Å². The van der Waals surface area contributed by atoms with Crippen molar-refractivity contribution in [2.24, 2.45) is 0 Å². The molecule has 0 bridgehead atoms. The van der Waals surface area contributed by atoms with E-state index in [2.05, 4.69) is 5.32 Å². The molecule has 0 aliphatic heterocycles. The van der Waals surface area contributed by atoms with Gasteiger partial charge in [-0.3, -0.25) is 4.79 Å². The average Bonchev–Trinajstić information content (AvgIpc) is 2.42. The molecule has 7 heteroatoms. The van der Waals surface area contributed by atoms with Gasteiger partial charge in [-0.15, -0.1) is 0 Å². The molecule has 1 aromatic carbocycles. The second-order valence-electron chi connectivity index (χ2n) is 4.97. The van der Waals surface area contributed by atoms with Crippen LogP contribution in [0.4, 0.5) is 13.2 Å². The molecule has 4 nitrogen and oxygen atoms in total. The van der Waals surface area contributed by atoms with Gasteiger partial charge in [0.25, 0.3) is 0 Å². The summed E-state index contributed by atoms with van der Waals surface area (Å²) < 4.78 is 37.3. The lowest BCUT2D eigenvalue weighted by atomic mass is 10.1. The lowest BCUT2D eigenvalue weighted by molar-refractivity contribution is -0.142. The molecule has 1 atom stereocenters. The van der Waals surface area contributed by atoms with Crippen LogP contribution in [0.3, 0.4) is 0 Å². The summed E-state index contributed by atoms with van der Waals surface area (Å²) in [7, 11) is 0. The van der Waals surface area contributed by atoms with E-state index >= 15 is 0 Å². The molecule has 0 radical (unpaired) electrons. The molecular weight excluding hydrogens is 299 g/mol. The summed E-state index contributed by atoms with van der Waals surface area (Å²) >= 11 is 0. The highest BCUT2D eigenvalue weighted by Crippen LogP contribution is 2.29. The maximum atomic E-state index is 12.4. The van der Waals surface area contributed by atoms with Gasteiger partial charge in [0.1, 0.15) is 6.04 Å². The Balaban J connectivity index is 2.62. The van der Waals surface area contributed by atoms with Crippen molar-refractivity contribution >= 4 is 11.9 Å². The summed E-state index contributed by atoms with van der Waals surface area (Å²) in [5.41, 5.74) is -0.395. The number of benzene rings is 1. The first-order chi connectivity index (χ1) is 10.2. The van der Waals surface area contributed by atoms with Crippen molar-refractivity contribution < 1.29 is 27.9 Å². The van der Waals surface area contributed by atoms with Crippen molar-refractivity contribution in [2.75, 3.05) is 0 Å². The van der Waals surface area contributed by atoms with Crippen LogP contribution >= 0.6 is 0 Å². The number of alkyl halides is 3. The minimum atomic E-state index is -4.42. The Kier molecular flexibility index (Phi) is 6.39. The zero-order valence-electron chi connectivity index (χ0n) is 12.1. The molecule has 22 heavy (non-hydrogen) atoms. The van der Waals surface area contributed by atoms with E-state index in [-0.39, 0.29) is 6.42 Å². The highest BCUT2D eigenvalue weighted by Gasteiger charge is 2.30. The average molecular weight is 317 g/mol. The Morgan fingerprint density at radius 1 is 1.23 bits per heavy atom. The maximum absolute atomic E-state index is 12.4. The normalized spacial score (nSPS) is 12.7. The summed E-state index contributed by atoms with van der Waals surface area (Å²) in [6.07, 6.45) is -2.79. The second kappa shape index (κ2) is 7.82. The van der Waals surface area contributed by atoms with Gasteiger partial charge in [0.05, 0.1) is 12.0 Å². The largest absolute Gasteiger partial charge is 0.480 e. The molecule has 1 unspecified atom stereocenters. The number of nitrogens with one attached hydrogen (secondary N) is 1. The molecule has 0 spiro atoms. The van der Waals surface area contributed by atoms with Gasteiger partial charge in [-0.2, -0.15) is 13.2 Å². The summed E-state index contributed by atoms with van der Waals surface area (Å²) in [6.45, 7) is 1.91. The number of hydrogen-bond acceptors (Lipinski definition) is 2. The minimum absolute atomic E-state index is 0.159. The summed E-state index contributed by atoms with van der Waals surface area (Å²) in [6, 6.07) is 3.25. The first kappa shape index (κ1) is 18.0. The van der Waals surface area contributed by atoms with Gasteiger partial charge in [0.15, 0.2) is 0 Å². The molecule has 0 heterocycles. The molecule has 0 aliphatic carbocycles. The quantitative estimate of drug-likeness (QED) is 0.812. The highest BCUT2D eigenvalue weighted by molar-refractivity contribution is 5.84. The van der Waals surface area contributed by atoms with E-state index < -0.39 is 29.7 Å². The zero-order valence-corrected chi connectivity index (χ0v) is 12.1. The van der Waals surface area contributed by atoms with Crippen molar-refractivity contribution in [2.45, 2.75) is 44.8 Å². The van der Waals surface area contributed by atoms with Crippen LogP contribution < -0.4 is 5.32 Å². The first-order valence-electron chi connectivity index (χ1n) is 6.92. The molecule has 0 aromatic heterocycles. The smallest absolute Gasteiger partial charge is 0.416 e. The SMILES string of the molecule is CCCCC(NC(=O)Cc1ccc(C(F)(F)F)cc1)C(=O)O. The lowest BCUT2D eigenvalue weighted by Crippen LogP contribution is -2.41. The number of carbonyl (C=O) groups excluding carboxylic acids is 1. The van der Waals surface area contributed by atoms with Crippen LogP contribution in [0.5, 0.6) is 0 Å². The minimum Gasteiger partial charge on any atom is -0.480 e. The van der Waals surface area contributed by atoms with Crippen molar-refractivity contribution in [3.63, 3.8) is 0 Å². The van der Waals surface area contributed by atoms with E-state index in [9.17, 15) is 22.8 Å². The van der Waals surface area contributed by atoms with Crippen LogP contribution in [0, 0.1) is 0 Å². The molecule has 0 aliphatic rings. The van der Waals surface area contributed by atoms with E-state index in [0.717, 1.165) is 18.6 Å². The van der Waals surface area contributed by atoms with Crippen molar-refractivity contribution in [1.82, 2.24) is 5.32 Å². The van der Waals surface area contributed by atoms with Crippen molar-refractivity contribution in [3.8, 4) is 0 Å². The lowest BCUT2D eigenvalue weighted by Gasteiger charge is -2.14. The maximum Gasteiger partial charge on any atom is 0.416 e. The third kappa shape index (κ3) is 5.75. The predicted molar refractivity (Wildman–Crippen MR) is 74.2 cm³/mol. The third-order valence-corrected chi connectivity index (χ3v) is 3.13.